The molecule has 5 nitrogen and oxygen atoms in total. The van der Waals surface area contributed by atoms with E-state index >= 15 is 0 Å². The van der Waals surface area contributed by atoms with Crippen LogP contribution in [0.15, 0.2) is 46.5 Å². The van der Waals surface area contributed by atoms with E-state index in [2.05, 4.69) is 23.6 Å². The number of benzene rings is 1. The second kappa shape index (κ2) is 9.32. The van der Waals surface area contributed by atoms with E-state index in [1.54, 1.807) is 6.07 Å². The first kappa shape index (κ1) is 21.9. The zero-order chi connectivity index (χ0) is 21.1. The summed E-state index contributed by atoms with van der Waals surface area (Å²) in [5, 5.41) is 10.6. The molecule has 7 heteroatoms. The third-order valence-electron chi connectivity index (χ3n) is 5.37. The molecular formula is C22H29FN2O3S. The first-order valence-corrected chi connectivity index (χ1v) is 11.0. The van der Waals surface area contributed by atoms with E-state index in [-0.39, 0.29) is 24.1 Å². The maximum Gasteiger partial charge on any atom is 0.338 e. The summed E-state index contributed by atoms with van der Waals surface area (Å²) in [5.41, 5.74) is 1.91. The minimum absolute atomic E-state index is 0.121. The number of nitrogens with zero attached hydrogens (tertiary/aromatic N) is 2. The molecule has 2 aliphatic rings. The minimum Gasteiger partial charge on any atom is -0.478 e. The van der Waals surface area contributed by atoms with Crippen molar-refractivity contribution < 1.29 is 19.0 Å². The fraction of sp³-hybridized carbons (Fsp3) is 0.500. The van der Waals surface area contributed by atoms with Gasteiger partial charge in [0.2, 0.25) is 0 Å². The van der Waals surface area contributed by atoms with Gasteiger partial charge in [0.25, 0.3) is 0 Å². The molecule has 0 spiro atoms. The van der Waals surface area contributed by atoms with Gasteiger partial charge in [0, 0.05) is 18.6 Å². The number of aliphatic carboxylic acids is 1. The van der Waals surface area contributed by atoms with Gasteiger partial charge in [-0.1, -0.05) is 19.1 Å². The van der Waals surface area contributed by atoms with Crippen molar-refractivity contribution in [1.82, 2.24) is 9.80 Å². The smallest absolute Gasteiger partial charge is 0.338 e. The van der Waals surface area contributed by atoms with Crippen LogP contribution in [0.5, 0.6) is 0 Å². The highest BCUT2D eigenvalue weighted by Gasteiger charge is 2.39. The summed E-state index contributed by atoms with van der Waals surface area (Å²) >= 11 is 1.53. The molecule has 158 valence electrons. The zero-order valence-electron chi connectivity index (χ0n) is 17.4. The monoisotopic (exact) mass is 420 g/mol. The van der Waals surface area contributed by atoms with Crippen LogP contribution in [-0.4, -0.2) is 58.1 Å². The van der Waals surface area contributed by atoms with Crippen LogP contribution in [0.25, 0.3) is 0 Å². The van der Waals surface area contributed by atoms with E-state index in [0.29, 0.717) is 25.3 Å². The summed E-state index contributed by atoms with van der Waals surface area (Å²) in [7, 11) is 0. The lowest BCUT2D eigenvalue weighted by Gasteiger charge is -2.49. The summed E-state index contributed by atoms with van der Waals surface area (Å²) in [5.74, 6) is -0.469. The Morgan fingerprint density at radius 2 is 2.00 bits per heavy atom. The van der Waals surface area contributed by atoms with Crippen molar-refractivity contribution in [2.24, 2.45) is 0 Å². The molecule has 1 aromatic rings. The lowest BCUT2D eigenvalue weighted by Crippen LogP contribution is -2.59. The first-order chi connectivity index (χ1) is 13.8. The van der Waals surface area contributed by atoms with Gasteiger partial charge in [-0.2, -0.15) is 0 Å². The number of halogens is 1. The second-order valence-electron chi connectivity index (χ2n) is 7.62. The first-order valence-electron chi connectivity index (χ1n) is 9.98. The third kappa shape index (κ3) is 4.68. The fourth-order valence-electron chi connectivity index (χ4n) is 4.16. The molecular weight excluding hydrogens is 391 g/mol. The standard InChI is InChI=1S/C22H29FN2O3S/c1-5-29-21-20(22(26)27)14(2)9-19(25-15(3)12-28-13-16(25)4)24(21)11-17-7-6-8-18(23)10-17/h6-10,15-16,19H,5,11-13H2,1-4H3,(H,26,27). The van der Waals surface area contributed by atoms with Crippen molar-refractivity contribution in [3.63, 3.8) is 0 Å². The van der Waals surface area contributed by atoms with Gasteiger partial charge >= 0.3 is 5.97 Å². The molecule has 1 aromatic carbocycles. The number of carbonyl (C=O) groups is 1. The van der Waals surface area contributed by atoms with Crippen LogP contribution in [0.4, 0.5) is 4.39 Å². The molecule has 29 heavy (non-hydrogen) atoms. The Balaban J connectivity index is 2.08. The molecule has 3 atom stereocenters. The van der Waals surface area contributed by atoms with Crippen LogP contribution in [0.1, 0.15) is 33.3 Å². The SMILES string of the molecule is CCSC1=C(C(=O)O)C(C)=CC(N2C(C)COCC2C)N1Cc1cccc(F)c1. The van der Waals surface area contributed by atoms with Gasteiger partial charge in [0.05, 0.1) is 23.8 Å². The number of morpholine rings is 1. The Morgan fingerprint density at radius 1 is 1.31 bits per heavy atom. The van der Waals surface area contributed by atoms with Crippen molar-refractivity contribution >= 4 is 17.7 Å². The van der Waals surface area contributed by atoms with Crippen molar-refractivity contribution in [2.75, 3.05) is 19.0 Å². The number of hydrogen-bond acceptors (Lipinski definition) is 5. The van der Waals surface area contributed by atoms with Gasteiger partial charge in [-0.3, -0.25) is 4.90 Å². The Morgan fingerprint density at radius 3 is 2.59 bits per heavy atom. The lowest BCUT2D eigenvalue weighted by atomic mass is 10.00. The van der Waals surface area contributed by atoms with Gasteiger partial charge < -0.3 is 14.7 Å². The summed E-state index contributed by atoms with van der Waals surface area (Å²) in [6.45, 7) is 9.83. The highest BCUT2D eigenvalue weighted by Crippen LogP contribution is 2.38. The summed E-state index contributed by atoms with van der Waals surface area (Å²) in [4.78, 5) is 16.6. The van der Waals surface area contributed by atoms with Crippen LogP contribution in [-0.2, 0) is 16.1 Å². The molecule has 3 unspecified atom stereocenters. The molecule has 0 amide bonds. The maximum absolute atomic E-state index is 13.8. The summed E-state index contributed by atoms with van der Waals surface area (Å²) in [6, 6.07) is 6.88. The molecule has 0 aliphatic carbocycles. The van der Waals surface area contributed by atoms with Gasteiger partial charge in [-0.15, -0.1) is 11.8 Å². The van der Waals surface area contributed by atoms with E-state index in [0.717, 1.165) is 21.9 Å². The largest absolute Gasteiger partial charge is 0.478 e. The highest BCUT2D eigenvalue weighted by molar-refractivity contribution is 8.03. The molecule has 0 bridgehead atoms. The minimum atomic E-state index is -0.930. The summed E-state index contributed by atoms with van der Waals surface area (Å²) < 4.78 is 19.5. The van der Waals surface area contributed by atoms with Gasteiger partial charge in [0.15, 0.2) is 0 Å². The second-order valence-corrected chi connectivity index (χ2v) is 8.87. The topological polar surface area (TPSA) is 53.0 Å². The molecule has 0 saturated carbocycles. The average molecular weight is 421 g/mol. The fourth-order valence-corrected chi connectivity index (χ4v) is 5.17. The van der Waals surface area contributed by atoms with Crippen molar-refractivity contribution in [2.45, 2.75) is 52.5 Å². The molecule has 0 radical (unpaired) electrons. The van der Waals surface area contributed by atoms with E-state index in [1.165, 1.54) is 23.9 Å². The number of ether oxygens (including phenoxy) is 1. The molecule has 1 saturated heterocycles. The van der Waals surface area contributed by atoms with E-state index in [1.807, 2.05) is 26.0 Å². The molecule has 1 N–H and O–H groups in total. The van der Waals surface area contributed by atoms with Gasteiger partial charge in [-0.25, -0.2) is 9.18 Å². The van der Waals surface area contributed by atoms with Crippen LogP contribution in [0, 0.1) is 5.82 Å². The zero-order valence-corrected chi connectivity index (χ0v) is 18.2. The van der Waals surface area contributed by atoms with E-state index in [9.17, 15) is 14.3 Å². The highest BCUT2D eigenvalue weighted by atomic mass is 32.2. The van der Waals surface area contributed by atoms with Crippen molar-refractivity contribution in [1.29, 1.82) is 0 Å². The normalized spacial score (nSPS) is 25.9. The van der Waals surface area contributed by atoms with Crippen molar-refractivity contribution in [3.8, 4) is 0 Å². The van der Waals surface area contributed by atoms with Crippen LogP contribution in [0.3, 0.4) is 0 Å². The number of rotatable bonds is 6. The third-order valence-corrected chi connectivity index (χ3v) is 6.37. The Kier molecular flexibility index (Phi) is 7.03. The molecule has 2 aliphatic heterocycles. The molecule has 0 aromatic heterocycles. The van der Waals surface area contributed by atoms with Gasteiger partial charge in [0.1, 0.15) is 12.0 Å². The predicted octanol–water partition coefficient (Wildman–Crippen LogP) is 4.07. The maximum atomic E-state index is 13.8. The number of carboxylic acid groups (broad SMARTS) is 1. The van der Waals surface area contributed by atoms with Crippen molar-refractivity contribution in [3.05, 3.63) is 57.9 Å². The van der Waals surface area contributed by atoms with E-state index < -0.39 is 5.97 Å². The van der Waals surface area contributed by atoms with E-state index in [4.69, 9.17) is 4.74 Å². The summed E-state index contributed by atoms with van der Waals surface area (Å²) in [6.07, 6.45) is 1.91. The Labute approximate surface area is 176 Å². The van der Waals surface area contributed by atoms with Crippen LogP contribution < -0.4 is 0 Å². The molecule has 2 heterocycles. The number of carboxylic acids is 1. The number of thioether (sulfide) groups is 1. The molecule has 3 rings (SSSR count). The number of hydrogen-bond donors (Lipinski definition) is 1. The van der Waals surface area contributed by atoms with Crippen LogP contribution in [0.2, 0.25) is 0 Å². The Hall–Kier alpha value is -1.83. The Bertz CT molecular complexity index is 816. The lowest BCUT2D eigenvalue weighted by molar-refractivity contribution is -0.132. The average Bonchev–Trinajstić information content (AvgIpc) is 2.64. The predicted molar refractivity (Wildman–Crippen MR) is 114 cm³/mol. The van der Waals surface area contributed by atoms with Crippen LogP contribution >= 0.6 is 11.8 Å². The quantitative estimate of drug-likeness (QED) is 0.749. The van der Waals surface area contributed by atoms with Gasteiger partial charge in [-0.05, 0) is 55.9 Å². The molecule has 1 fully saturated rings.